The second-order valence-electron chi connectivity index (χ2n) is 4.13. The quantitative estimate of drug-likeness (QED) is 0.666. The molecule has 1 aliphatic rings. The number of hydrogen-bond acceptors (Lipinski definition) is 1. The van der Waals surface area contributed by atoms with Crippen molar-refractivity contribution >= 4 is 5.78 Å². The first-order chi connectivity index (χ1) is 6.61. The zero-order valence-corrected chi connectivity index (χ0v) is 12.4. The van der Waals surface area contributed by atoms with Gasteiger partial charge in [-0.15, -0.1) is 11.1 Å². The molecular formula is C13H15OY-. The maximum Gasteiger partial charge on any atom is 0.139 e. The normalized spacial score (nSPS) is 14.5. The van der Waals surface area contributed by atoms with Gasteiger partial charge in [0.25, 0.3) is 0 Å². The molecule has 1 radical (unpaired) electrons. The van der Waals surface area contributed by atoms with E-state index in [1.54, 1.807) is 0 Å². The van der Waals surface area contributed by atoms with Gasteiger partial charge in [0.05, 0.1) is 0 Å². The van der Waals surface area contributed by atoms with Crippen LogP contribution in [-0.4, -0.2) is 5.78 Å². The molecule has 1 nitrogen and oxygen atoms in total. The number of Topliss-reactive ketones (excluding diaryl/α,β-unsaturated/α-hetero) is 1. The van der Waals surface area contributed by atoms with Crippen molar-refractivity contribution < 1.29 is 37.5 Å². The Morgan fingerprint density at radius 1 is 1.07 bits per heavy atom. The molecule has 1 aromatic rings. The van der Waals surface area contributed by atoms with Crippen LogP contribution in [0.3, 0.4) is 0 Å². The Hall–Kier alpha value is -0.00610. The smallest absolute Gasteiger partial charge is 0.139 e. The largest absolute Gasteiger partial charge is 0.297 e. The summed E-state index contributed by atoms with van der Waals surface area (Å²) in [5.74, 6) is 0.323. The molecule has 1 aliphatic carbocycles. The standard InChI is InChI=1S/C13H15O.Y/c1-8-7-9(2)11-5-4-6-12(14)13(11)10(8)3;/h4-6H2,1-3H3;/q-1;. The van der Waals surface area contributed by atoms with Gasteiger partial charge < -0.3 is 0 Å². The minimum atomic E-state index is 0. The molecule has 0 atom stereocenters. The molecule has 77 valence electrons. The topological polar surface area (TPSA) is 17.1 Å². The maximum absolute atomic E-state index is 11.8. The molecule has 2 heteroatoms. The second kappa shape index (κ2) is 4.88. The van der Waals surface area contributed by atoms with E-state index in [2.05, 4.69) is 13.0 Å². The van der Waals surface area contributed by atoms with Crippen molar-refractivity contribution in [1.82, 2.24) is 0 Å². The van der Waals surface area contributed by atoms with Gasteiger partial charge in [0.2, 0.25) is 0 Å². The first-order valence-corrected chi connectivity index (χ1v) is 5.16. The van der Waals surface area contributed by atoms with Gasteiger partial charge in [0.15, 0.2) is 0 Å². The summed E-state index contributed by atoms with van der Waals surface area (Å²) in [7, 11) is 0. The molecule has 1 aromatic carbocycles. The van der Waals surface area contributed by atoms with Crippen molar-refractivity contribution in [3.63, 3.8) is 0 Å². The van der Waals surface area contributed by atoms with E-state index in [1.165, 1.54) is 5.56 Å². The van der Waals surface area contributed by atoms with E-state index in [-0.39, 0.29) is 32.7 Å². The summed E-state index contributed by atoms with van der Waals surface area (Å²) in [4.78, 5) is 11.8. The molecule has 0 aromatic heterocycles. The van der Waals surface area contributed by atoms with Crippen LogP contribution in [0, 0.1) is 26.8 Å². The monoisotopic (exact) mass is 276 g/mol. The summed E-state index contributed by atoms with van der Waals surface area (Å²) in [6, 6.07) is 3.33. The number of rotatable bonds is 0. The van der Waals surface area contributed by atoms with Crippen molar-refractivity contribution in [2.75, 3.05) is 0 Å². The van der Waals surface area contributed by atoms with E-state index in [0.29, 0.717) is 5.78 Å². The number of carbonyl (C=O) groups excluding carboxylic acids is 1. The zero-order valence-electron chi connectivity index (χ0n) is 9.61. The fourth-order valence-corrected chi connectivity index (χ4v) is 2.29. The predicted molar refractivity (Wildman–Crippen MR) is 56.8 cm³/mol. The summed E-state index contributed by atoms with van der Waals surface area (Å²) in [5.41, 5.74) is 5.65. The molecule has 2 rings (SSSR count). The molecule has 0 N–H and O–H groups in total. The average molecular weight is 276 g/mol. The van der Waals surface area contributed by atoms with Crippen LogP contribution in [0.2, 0.25) is 0 Å². The fourth-order valence-electron chi connectivity index (χ4n) is 2.29. The van der Waals surface area contributed by atoms with E-state index in [1.807, 2.05) is 13.8 Å². The molecule has 0 fully saturated rings. The van der Waals surface area contributed by atoms with Crippen LogP contribution >= 0.6 is 0 Å². The molecule has 0 bridgehead atoms. The molecule has 0 saturated heterocycles. The third kappa shape index (κ3) is 2.24. The SMILES string of the molecule is Cc1[c-]c(C)c2c(c1C)C(=O)CCC2.[Y]. The number of hydrogen-bond donors (Lipinski definition) is 0. The van der Waals surface area contributed by atoms with Crippen LogP contribution in [0.15, 0.2) is 0 Å². The van der Waals surface area contributed by atoms with Gasteiger partial charge in [-0.25, -0.2) is 0 Å². The second-order valence-corrected chi connectivity index (χ2v) is 4.13. The Bertz CT molecular complexity index is 407. The van der Waals surface area contributed by atoms with Crippen LogP contribution < -0.4 is 0 Å². The molecule has 0 aliphatic heterocycles. The van der Waals surface area contributed by atoms with Crippen molar-refractivity contribution in [3.8, 4) is 0 Å². The van der Waals surface area contributed by atoms with Crippen molar-refractivity contribution in [1.29, 1.82) is 0 Å². The van der Waals surface area contributed by atoms with E-state index in [9.17, 15) is 4.79 Å². The number of ketones is 1. The summed E-state index contributed by atoms with van der Waals surface area (Å²) < 4.78 is 0. The van der Waals surface area contributed by atoms with Gasteiger partial charge in [-0.2, -0.15) is 17.2 Å². The molecule has 0 heterocycles. The number of carbonyl (C=O) groups is 1. The number of aryl methyl sites for hydroxylation is 2. The van der Waals surface area contributed by atoms with Gasteiger partial charge >= 0.3 is 0 Å². The van der Waals surface area contributed by atoms with E-state index in [0.717, 1.165) is 41.5 Å². The van der Waals surface area contributed by atoms with Crippen molar-refractivity contribution in [2.45, 2.75) is 40.0 Å². The van der Waals surface area contributed by atoms with Gasteiger partial charge in [0, 0.05) is 39.1 Å². The van der Waals surface area contributed by atoms with Crippen molar-refractivity contribution in [3.05, 3.63) is 33.9 Å². The first kappa shape index (κ1) is 13.1. The Balaban J connectivity index is 0.00000112. The van der Waals surface area contributed by atoms with Crippen LogP contribution in [-0.2, 0) is 39.1 Å². The Morgan fingerprint density at radius 3 is 2.40 bits per heavy atom. The predicted octanol–water partition coefficient (Wildman–Crippen LogP) is 2.93. The minimum absolute atomic E-state index is 0. The molecule has 0 unspecified atom stereocenters. The van der Waals surface area contributed by atoms with Crippen LogP contribution in [0.1, 0.15) is 45.5 Å². The van der Waals surface area contributed by atoms with Gasteiger partial charge in [0.1, 0.15) is 5.78 Å². The third-order valence-corrected chi connectivity index (χ3v) is 3.18. The van der Waals surface area contributed by atoms with Crippen LogP contribution in [0.4, 0.5) is 0 Å². The molecule has 0 amide bonds. The number of fused-ring (bicyclic) bond motifs is 1. The summed E-state index contributed by atoms with van der Waals surface area (Å²) in [5, 5.41) is 0. The van der Waals surface area contributed by atoms with E-state index < -0.39 is 0 Å². The van der Waals surface area contributed by atoms with E-state index in [4.69, 9.17) is 0 Å². The van der Waals surface area contributed by atoms with Crippen LogP contribution in [0.25, 0.3) is 0 Å². The maximum atomic E-state index is 11.8. The summed E-state index contributed by atoms with van der Waals surface area (Å²) >= 11 is 0. The third-order valence-electron chi connectivity index (χ3n) is 3.18. The first-order valence-electron chi connectivity index (χ1n) is 5.16. The Labute approximate surface area is 117 Å². The average Bonchev–Trinajstić information content (AvgIpc) is 2.14. The molecule has 0 spiro atoms. The minimum Gasteiger partial charge on any atom is -0.297 e. The zero-order chi connectivity index (χ0) is 10.3. The summed E-state index contributed by atoms with van der Waals surface area (Å²) in [6.07, 6.45) is 2.77. The van der Waals surface area contributed by atoms with E-state index >= 15 is 0 Å². The molecule has 15 heavy (non-hydrogen) atoms. The van der Waals surface area contributed by atoms with Crippen LogP contribution in [0.5, 0.6) is 0 Å². The molecular weight excluding hydrogens is 261 g/mol. The van der Waals surface area contributed by atoms with Gasteiger partial charge in [-0.1, -0.05) is 39.2 Å². The van der Waals surface area contributed by atoms with Gasteiger partial charge in [-0.3, -0.25) is 4.79 Å². The van der Waals surface area contributed by atoms with Crippen molar-refractivity contribution in [2.24, 2.45) is 0 Å². The Kier molecular flexibility index (Phi) is 4.25. The van der Waals surface area contributed by atoms with Gasteiger partial charge in [-0.05, 0) is 0 Å². The molecule has 0 saturated carbocycles. The fraction of sp³-hybridized carbons (Fsp3) is 0.462. The summed E-state index contributed by atoms with van der Waals surface area (Å²) in [6.45, 7) is 6.13. The number of benzene rings is 1. The Morgan fingerprint density at radius 2 is 1.73 bits per heavy atom.